The van der Waals surface area contributed by atoms with E-state index >= 15 is 0 Å². The lowest BCUT2D eigenvalue weighted by Crippen LogP contribution is -2.46. The van der Waals surface area contributed by atoms with E-state index in [0.717, 1.165) is 11.3 Å². The van der Waals surface area contributed by atoms with E-state index in [2.05, 4.69) is 15.0 Å². The summed E-state index contributed by atoms with van der Waals surface area (Å²) in [5, 5.41) is 2.58. The first-order valence-corrected chi connectivity index (χ1v) is 9.15. The van der Waals surface area contributed by atoms with Crippen molar-refractivity contribution in [2.45, 2.75) is 23.1 Å². The molecule has 0 spiro atoms. The van der Waals surface area contributed by atoms with Crippen molar-refractivity contribution in [2.75, 3.05) is 26.7 Å². The SMILES string of the molecule is CNC(=O)CN1CCC(NS(=O)(=O)c2cnc(Cl)s2)CC1. The Hall–Kier alpha value is -0.740. The van der Waals surface area contributed by atoms with Crippen LogP contribution in [0.15, 0.2) is 10.4 Å². The minimum atomic E-state index is -3.56. The summed E-state index contributed by atoms with van der Waals surface area (Å²) in [6, 6.07) is -0.128. The maximum absolute atomic E-state index is 12.1. The van der Waals surface area contributed by atoms with Gasteiger partial charge in [-0.15, -0.1) is 0 Å². The highest BCUT2D eigenvalue weighted by atomic mass is 35.5. The Labute approximate surface area is 132 Å². The van der Waals surface area contributed by atoms with Gasteiger partial charge in [0, 0.05) is 26.2 Å². The normalized spacial score (nSPS) is 17.8. The van der Waals surface area contributed by atoms with Crippen LogP contribution in [0.3, 0.4) is 0 Å². The smallest absolute Gasteiger partial charge is 0.251 e. The maximum Gasteiger partial charge on any atom is 0.251 e. The average Bonchev–Trinajstić information content (AvgIpc) is 2.88. The van der Waals surface area contributed by atoms with Crippen molar-refractivity contribution in [1.29, 1.82) is 0 Å². The van der Waals surface area contributed by atoms with Gasteiger partial charge in [0.1, 0.15) is 0 Å². The zero-order valence-electron chi connectivity index (χ0n) is 11.5. The van der Waals surface area contributed by atoms with Crippen LogP contribution in [0.5, 0.6) is 0 Å². The second kappa shape index (κ2) is 7.01. The van der Waals surface area contributed by atoms with Crippen LogP contribution in [0.1, 0.15) is 12.8 Å². The summed E-state index contributed by atoms with van der Waals surface area (Å²) in [6.07, 6.45) is 2.60. The molecule has 21 heavy (non-hydrogen) atoms. The summed E-state index contributed by atoms with van der Waals surface area (Å²) in [6.45, 7) is 1.72. The monoisotopic (exact) mass is 352 g/mol. The number of nitrogens with one attached hydrogen (secondary N) is 2. The fourth-order valence-electron chi connectivity index (χ4n) is 2.13. The summed E-state index contributed by atoms with van der Waals surface area (Å²) in [5.74, 6) is -0.0340. The molecule has 1 fully saturated rings. The summed E-state index contributed by atoms with van der Waals surface area (Å²) in [4.78, 5) is 17.0. The third-order valence-electron chi connectivity index (χ3n) is 3.28. The Morgan fingerprint density at radius 3 is 2.71 bits per heavy atom. The van der Waals surface area contributed by atoms with Gasteiger partial charge in [0.05, 0.1) is 12.7 Å². The quantitative estimate of drug-likeness (QED) is 0.794. The van der Waals surface area contributed by atoms with Crippen LogP contribution in [0, 0.1) is 0 Å². The number of aromatic nitrogens is 1. The van der Waals surface area contributed by atoms with E-state index in [4.69, 9.17) is 11.6 Å². The van der Waals surface area contributed by atoms with Gasteiger partial charge in [-0.1, -0.05) is 22.9 Å². The van der Waals surface area contributed by atoms with Crippen LogP contribution in [0.2, 0.25) is 4.47 Å². The molecule has 1 aromatic heterocycles. The Balaban J connectivity index is 1.87. The standard InChI is InChI=1S/C11H17ClN4O3S2/c1-13-9(17)7-16-4-2-8(3-5-16)15-21(18,19)10-6-14-11(12)20-10/h6,8,15H,2-5,7H2,1H3,(H,13,17). The van der Waals surface area contributed by atoms with Crippen molar-refractivity contribution < 1.29 is 13.2 Å². The van der Waals surface area contributed by atoms with Crippen molar-refractivity contribution in [2.24, 2.45) is 0 Å². The predicted molar refractivity (Wildman–Crippen MR) is 81.0 cm³/mol. The molecular weight excluding hydrogens is 336 g/mol. The van der Waals surface area contributed by atoms with Gasteiger partial charge in [0.25, 0.3) is 10.0 Å². The van der Waals surface area contributed by atoms with Crippen LogP contribution in [0.4, 0.5) is 0 Å². The van der Waals surface area contributed by atoms with Gasteiger partial charge in [-0.2, -0.15) is 0 Å². The van der Waals surface area contributed by atoms with Crippen LogP contribution in [-0.4, -0.2) is 56.9 Å². The molecule has 1 saturated heterocycles. The van der Waals surface area contributed by atoms with E-state index < -0.39 is 10.0 Å². The molecule has 0 aliphatic carbocycles. The second-order valence-electron chi connectivity index (χ2n) is 4.78. The summed E-state index contributed by atoms with van der Waals surface area (Å²) < 4.78 is 27.3. The molecule has 1 aliphatic heterocycles. The lowest BCUT2D eigenvalue weighted by molar-refractivity contribution is -0.122. The highest BCUT2D eigenvalue weighted by Gasteiger charge is 2.26. The van der Waals surface area contributed by atoms with Gasteiger partial charge in [0.15, 0.2) is 8.68 Å². The molecule has 10 heteroatoms. The minimum Gasteiger partial charge on any atom is -0.358 e. The number of nitrogens with zero attached hydrogens (tertiary/aromatic N) is 2. The molecule has 1 amide bonds. The first-order valence-electron chi connectivity index (χ1n) is 6.47. The van der Waals surface area contributed by atoms with Crippen molar-refractivity contribution in [3.63, 3.8) is 0 Å². The van der Waals surface area contributed by atoms with Gasteiger partial charge >= 0.3 is 0 Å². The fraction of sp³-hybridized carbons (Fsp3) is 0.636. The van der Waals surface area contributed by atoms with Gasteiger partial charge < -0.3 is 5.32 Å². The number of sulfonamides is 1. The highest BCUT2D eigenvalue weighted by Crippen LogP contribution is 2.23. The van der Waals surface area contributed by atoms with E-state index in [-0.39, 0.29) is 20.6 Å². The van der Waals surface area contributed by atoms with Crippen molar-refractivity contribution in [1.82, 2.24) is 19.9 Å². The molecular formula is C11H17ClN4O3S2. The van der Waals surface area contributed by atoms with E-state index in [0.29, 0.717) is 32.5 Å². The second-order valence-corrected chi connectivity index (χ2v) is 8.33. The molecule has 2 N–H and O–H groups in total. The molecule has 0 radical (unpaired) electrons. The Kier molecular flexibility index (Phi) is 5.55. The van der Waals surface area contributed by atoms with Crippen molar-refractivity contribution >= 4 is 38.9 Å². The number of rotatable bonds is 5. The summed E-state index contributed by atoms with van der Waals surface area (Å²) >= 11 is 6.60. The van der Waals surface area contributed by atoms with Gasteiger partial charge in [-0.25, -0.2) is 18.1 Å². The van der Waals surface area contributed by atoms with Crippen LogP contribution < -0.4 is 10.0 Å². The number of amides is 1. The molecule has 2 heterocycles. The predicted octanol–water partition coefficient (Wildman–Crippen LogP) is 0.285. The van der Waals surface area contributed by atoms with Crippen LogP contribution >= 0.6 is 22.9 Å². The number of hydrogen-bond donors (Lipinski definition) is 2. The maximum atomic E-state index is 12.1. The van der Waals surface area contributed by atoms with E-state index in [1.165, 1.54) is 6.20 Å². The molecule has 118 valence electrons. The number of thiazole rings is 1. The van der Waals surface area contributed by atoms with Crippen LogP contribution in [-0.2, 0) is 14.8 Å². The number of piperidine rings is 1. The van der Waals surface area contributed by atoms with Gasteiger partial charge in [-0.3, -0.25) is 9.69 Å². The van der Waals surface area contributed by atoms with Crippen LogP contribution in [0.25, 0.3) is 0 Å². The summed E-state index contributed by atoms with van der Waals surface area (Å²) in [7, 11) is -1.96. The topological polar surface area (TPSA) is 91.4 Å². The third-order valence-corrected chi connectivity index (χ3v) is 6.37. The van der Waals surface area contributed by atoms with E-state index in [9.17, 15) is 13.2 Å². The van der Waals surface area contributed by atoms with Gasteiger partial charge in [-0.05, 0) is 12.8 Å². The van der Waals surface area contributed by atoms with Crippen molar-refractivity contribution in [3.8, 4) is 0 Å². The number of halogens is 1. The lowest BCUT2D eigenvalue weighted by atomic mass is 10.1. The van der Waals surface area contributed by atoms with Crippen molar-refractivity contribution in [3.05, 3.63) is 10.7 Å². The Morgan fingerprint density at radius 2 is 2.19 bits per heavy atom. The molecule has 7 nitrogen and oxygen atoms in total. The largest absolute Gasteiger partial charge is 0.358 e. The molecule has 0 bridgehead atoms. The first-order chi connectivity index (χ1) is 9.90. The van der Waals surface area contributed by atoms with Gasteiger partial charge in [0.2, 0.25) is 5.91 Å². The molecule has 1 aromatic rings. The molecule has 0 saturated carbocycles. The minimum absolute atomic E-state index is 0.0340. The number of carbonyl (C=O) groups excluding carboxylic acids is 1. The lowest BCUT2D eigenvalue weighted by Gasteiger charge is -2.31. The molecule has 0 aromatic carbocycles. The fourth-order valence-corrected chi connectivity index (χ4v) is 4.75. The molecule has 0 unspecified atom stereocenters. The molecule has 0 atom stereocenters. The summed E-state index contributed by atoms with van der Waals surface area (Å²) in [5.41, 5.74) is 0. The number of carbonyl (C=O) groups is 1. The van der Waals surface area contributed by atoms with E-state index in [1.807, 2.05) is 4.90 Å². The Morgan fingerprint density at radius 1 is 1.52 bits per heavy atom. The number of likely N-dealkylation sites (tertiary alicyclic amines) is 1. The average molecular weight is 353 g/mol. The zero-order chi connectivity index (χ0) is 15.5. The highest BCUT2D eigenvalue weighted by molar-refractivity contribution is 7.91. The number of hydrogen-bond acceptors (Lipinski definition) is 6. The Bertz CT molecular complexity index is 596. The first kappa shape index (κ1) is 16.6. The van der Waals surface area contributed by atoms with E-state index in [1.54, 1.807) is 7.05 Å². The molecule has 2 rings (SSSR count). The number of likely N-dealkylation sites (N-methyl/N-ethyl adjacent to an activating group) is 1. The molecule has 1 aliphatic rings. The zero-order valence-corrected chi connectivity index (χ0v) is 13.9. The third kappa shape index (κ3) is 4.62.